The lowest BCUT2D eigenvalue weighted by Crippen LogP contribution is -2.29. The van der Waals surface area contributed by atoms with Gasteiger partial charge in [0, 0.05) is 55.4 Å². The van der Waals surface area contributed by atoms with E-state index in [-0.39, 0.29) is 30.0 Å². The number of rotatable bonds is 7. The fraction of sp³-hybridized carbons (Fsp3) is 0.357. The molecule has 0 bridgehead atoms. The molecule has 2 aliphatic heterocycles. The van der Waals surface area contributed by atoms with Crippen molar-refractivity contribution in [1.82, 2.24) is 34.8 Å². The van der Waals surface area contributed by atoms with Gasteiger partial charge in [0.15, 0.2) is 17.8 Å². The van der Waals surface area contributed by atoms with Gasteiger partial charge < -0.3 is 0 Å². The van der Waals surface area contributed by atoms with E-state index in [1.54, 1.807) is 22.7 Å². The number of nitrogens with one attached hydrogen (secondary N) is 1. The van der Waals surface area contributed by atoms with Gasteiger partial charge in [-0.1, -0.05) is 67.9 Å². The molecule has 55 heavy (non-hydrogen) atoms. The second-order valence-electron chi connectivity index (χ2n) is 14.7. The first kappa shape index (κ1) is 38.6. The van der Waals surface area contributed by atoms with Crippen molar-refractivity contribution in [3.05, 3.63) is 126 Å². The summed E-state index contributed by atoms with van der Waals surface area (Å²) >= 11 is 9.62. The number of aromatic nitrogens is 6. The fourth-order valence-electron chi connectivity index (χ4n) is 6.90. The van der Waals surface area contributed by atoms with Crippen molar-refractivity contribution in [3.8, 4) is 10.0 Å². The molecule has 6 aromatic rings. The maximum absolute atomic E-state index is 12.6. The molecule has 1 N–H and O–H groups in total. The van der Waals surface area contributed by atoms with E-state index >= 15 is 0 Å². The van der Waals surface area contributed by atoms with Crippen molar-refractivity contribution in [1.29, 1.82) is 0 Å². The number of fused-ring (bicyclic) bond motifs is 6. The van der Waals surface area contributed by atoms with Crippen molar-refractivity contribution in [2.45, 2.75) is 93.9 Å². The van der Waals surface area contributed by atoms with Crippen molar-refractivity contribution in [2.75, 3.05) is 0 Å². The van der Waals surface area contributed by atoms with Gasteiger partial charge in [-0.25, -0.2) is 0 Å². The number of carbonyl (C=O) groups excluding carboxylic acids is 1. The average molecular weight is 792 g/mol. The Kier molecular flexibility index (Phi) is 10.9. The van der Waals surface area contributed by atoms with Crippen LogP contribution in [0.15, 0.2) is 64.6 Å². The summed E-state index contributed by atoms with van der Waals surface area (Å²) in [5.41, 5.74) is 8.74. The smallest absolute Gasteiger partial charge is 0.178 e. The van der Waals surface area contributed by atoms with Gasteiger partial charge in [-0.3, -0.25) is 29.2 Å². The maximum atomic E-state index is 12.6. The van der Waals surface area contributed by atoms with Crippen LogP contribution in [-0.2, 0) is 4.79 Å². The van der Waals surface area contributed by atoms with Crippen molar-refractivity contribution >= 4 is 51.5 Å². The van der Waals surface area contributed by atoms with Crippen LogP contribution in [0.25, 0.3) is 10.0 Å². The number of hydrogen-bond donors (Lipinski definition) is 1. The van der Waals surface area contributed by atoms with Gasteiger partial charge in [0.1, 0.15) is 33.5 Å². The number of aryl methyl sites for hydroxylation is 4. The zero-order chi connectivity index (χ0) is 39.3. The van der Waals surface area contributed by atoms with Crippen molar-refractivity contribution in [3.63, 3.8) is 0 Å². The van der Waals surface area contributed by atoms with E-state index in [0.717, 1.165) is 61.4 Å². The van der Waals surface area contributed by atoms with Gasteiger partial charge >= 0.3 is 0 Å². The van der Waals surface area contributed by atoms with E-state index in [2.05, 4.69) is 101 Å². The Bertz CT molecular complexity index is 2450. The van der Waals surface area contributed by atoms with Crippen LogP contribution in [0.3, 0.4) is 0 Å². The Hall–Kier alpha value is -4.62. The number of halogens is 1. The standard InChI is InChI=1S/C22H23ClN4OS.C20H23N5S/c1-11(2)18(28)10-17-21-26-25-14(5)27(21)22-19(12(3)13(4)29-22)20(24-17)15-6-8-16(23)9-7-15;1-11(2)21-18-19-24-23-14(5)25(19)20-16(12(3)13(4)26-20)17(22-18)15-9-7-6-8-10-15/h6-9,11,17H,10H2,1-5H3;6-11,18,21H,1-5H3/t17-;18-/m01/s1. The molecule has 2 aliphatic rings. The quantitative estimate of drug-likeness (QED) is 0.172. The third kappa shape index (κ3) is 7.28. The average Bonchev–Trinajstić information content (AvgIpc) is 3.84. The molecule has 0 amide bonds. The molecule has 284 valence electrons. The van der Waals surface area contributed by atoms with E-state index < -0.39 is 0 Å². The van der Waals surface area contributed by atoms with Gasteiger partial charge in [0.2, 0.25) is 0 Å². The summed E-state index contributed by atoms with van der Waals surface area (Å²) in [4.78, 5) is 25.4. The highest BCUT2D eigenvalue weighted by molar-refractivity contribution is 7.15. The molecule has 2 atom stereocenters. The van der Waals surface area contributed by atoms with Crippen molar-refractivity contribution < 1.29 is 4.79 Å². The molecule has 0 spiro atoms. The number of nitrogens with zero attached hydrogens (tertiary/aromatic N) is 8. The summed E-state index contributed by atoms with van der Waals surface area (Å²) in [6.07, 6.45) is 0.0746. The predicted molar refractivity (Wildman–Crippen MR) is 224 cm³/mol. The molecule has 0 unspecified atom stereocenters. The molecule has 0 aliphatic carbocycles. The maximum Gasteiger partial charge on any atom is 0.178 e. The molecule has 10 nitrogen and oxygen atoms in total. The van der Waals surface area contributed by atoms with Gasteiger partial charge in [0.05, 0.1) is 11.4 Å². The minimum atomic E-state index is -0.379. The number of benzene rings is 2. The minimum Gasteiger partial charge on any atom is -0.299 e. The molecule has 0 saturated heterocycles. The number of carbonyl (C=O) groups is 1. The van der Waals surface area contributed by atoms with Crippen LogP contribution in [0.4, 0.5) is 0 Å². The Labute approximate surface area is 335 Å². The summed E-state index contributed by atoms with van der Waals surface area (Å²) in [6.45, 7) is 20.6. The Balaban J connectivity index is 0.000000170. The van der Waals surface area contributed by atoms with Crippen LogP contribution in [0.1, 0.15) is 113 Å². The van der Waals surface area contributed by atoms with Crippen LogP contribution in [0.5, 0.6) is 0 Å². The zero-order valence-electron chi connectivity index (χ0n) is 32.9. The highest BCUT2D eigenvalue weighted by atomic mass is 35.5. The molecule has 0 radical (unpaired) electrons. The molecule has 0 fully saturated rings. The Morgan fingerprint density at radius 2 is 1.22 bits per heavy atom. The SMILES string of the molecule is Cc1sc2c(c1C)C(c1ccc(Cl)cc1)=N[C@@H](CC(=O)C(C)C)c1nnc(C)n1-2.Cc1sc2c(c1C)C(c1ccccc1)=N[C@@H](NC(C)C)c1nnc(C)n1-2. The van der Waals surface area contributed by atoms with Gasteiger partial charge in [-0.05, 0) is 78.6 Å². The summed E-state index contributed by atoms with van der Waals surface area (Å²) < 4.78 is 4.24. The normalized spacial score (nSPS) is 15.9. The Morgan fingerprint density at radius 3 is 1.76 bits per heavy atom. The van der Waals surface area contributed by atoms with Crippen molar-refractivity contribution in [2.24, 2.45) is 15.9 Å². The number of thiophene rings is 2. The van der Waals surface area contributed by atoms with Crippen LogP contribution < -0.4 is 5.32 Å². The van der Waals surface area contributed by atoms with Crippen LogP contribution in [-0.4, -0.2) is 52.8 Å². The first-order valence-electron chi connectivity index (χ1n) is 18.6. The number of ketones is 1. The monoisotopic (exact) mass is 791 g/mol. The molecule has 4 aromatic heterocycles. The second kappa shape index (κ2) is 15.5. The summed E-state index contributed by atoms with van der Waals surface area (Å²) in [5, 5.41) is 24.0. The topological polar surface area (TPSA) is 115 Å². The first-order valence-corrected chi connectivity index (χ1v) is 20.6. The van der Waals surface area contributed by atoms with E-state index in [4.69, 9.17) is 21.6 Å². The molecular weight excluding hydrogens is 746 g/mol. The van der Waals surface area contributed by atoms with Gasteiger partial charge in [-0.2, -0.15) is 0 Å². The molecule has 8 rings (SSSR count). The van der Waals surface area contributed by atoms with Gasteiger partial charge in [-0.15, -0.1) is 43.1 Å². The number of aliphatic imine (C=N–C) groups is 2. The van der Waals surface area contributed by atoms with Crippen LogP contribution in [0, 0.1) is 47.5 Å². The molecule has 0 saturated carbocycles. The van der Waals surface area contributed by atoms with Crippen LogP contribution in [0.2, 0.25) is 5.02 Å². The van der Waals surface area contributed by atoms with E-state index in [1.165, 1.54) is 26.4 Å². The second-order valence-corrected chi connectivity index (χ2v) is 17.5. The molecule has 13 heteroatoms. The zero-order valence-corrected chi connectivity index (χ0v) is 35.3. The van der Waals surface area contributed by atoms with E-state index in [1.807, 2.05) is 58.0 Å². The van der Waals surface area contributed by atoms with Gasteiger partial charge in [0.25, 0.3) is 0 Å². The largest absolute Gasteiger partial charge is 0.299 e. The minimum absolute atomic E-state index is 0.0528. The third-order valence-corrected chi connectivity index (χ3v) is 12.7. The lowest BCUT2D eigenvalue weighted by molar-refractivity contribution is -0.122. The first-order chi connectivity index (χ1) is 26.2. The van der Waals surface area contributed by atoms with Crippen LogP contribution >= 0.6 is 34.3 Å². The predicted octanol–water partition coefficient (Wildman–Crippen LogP) is 9.52. The number of Topliss-reactive ketones (excluding diaryl/α,β-unsaturated/α-hetero) is 1. The summed E-state index contributed by atoms with van der Waals surface area (Å²) in [7, 11) is 0. The Morgan fingerprint density at radius 1 is 0.709 bits per heavy atom. The number of hydrogen-bond acceptors (Lipinski definition) is 10. The van der Waals surface area contributed by atoms with E-state index in [9.17, 15) is 4.79 Å². The third-order valence-electron chi connectivity index (χ3n) is 10.1. The molecule has 6 heterocycles. The molecular formula is C42H46ClN9OS2. The highest BCUT2D eigenvalue weighted by Crippen LogP contribution is 2.41. The summed E-state index contributed by atoms with van der Waals surface area (Å²) in [6, 6.07) is 18.0. The van der Waals surface area contributed by atoms with E-state index in [0.29, 0.717) is 11.4 Å². The highest BCUT2D eigenvalue weighted by Gasteiger charge is 2.34. The lowest BCUT2D eigenvalue weighted by Gasteiger charge is -2.17. The molecule has 2 aromatic carbocycles. The lowest BCUT2D eigenvalue weighted by atomic mass is 9.98. The fourth-order valence-corrected chi connectivity index (χ4v) is 9.46. The summed E-state index contributed by atoms with van der Waals surface area (Å²) in [5.74, 6) is 3.38.